The maximum atomic E-state index is 13.1. The number of hydrogen-bond acceptors (Lipinski definition) is 7. The molecule has 4 aliphatic rings. The summed E-state index contributed by atoms with van der Waals surface area (Å²) >= 11 is 0. The fourth-order valence-electron chi connectivity index (χ4n) is 8.26. The zero-order valence-corrected chi connectivity index (χ0v) is 22.3. The van der Waals surface area contributed by atoms with Crippen molar-refractivity contribution in [1.29, 1.82) is 0 Å². The number of fused-ring (bicyclic) bond motifs is 4. The highest BCUT2D eigenvalue weighted by molar-refractivity contribution is 5.87. The Labute approximate surface area is 218 Å². The molecule has 3 saturated carbocycles. The molecule has 37 heavy (non-hydrogen) atoms. The van der Waals surface area contributed by atoms with Crippen molar-refractivity contribution in [2.45, 2.75) is 77.0 Å². The van der Waals surface area contributed by atoms with Gasteiger partial charge < -0.3 is 24.4 Å². The zero-order valence-electron chi connectivity index (χ0n) is 22.3. The second-order valence-corrected chi connectivity index (χ2v) is 12.2. The average Bonchev–Trinajstić information content (AvgIpc) is 3.21. The first-order chi connectivity index (χ1) is 17.4. The van der Waals surface area contributed by atoms with Crippen molar-refractivity contribution in [2.24, 2.45) is 28.6 Å². The summed E-state index contributed by atoms with van der Waals surface area (Å²) in [6, 6.07) is 9.41. The van der Waals surface area contributed by atoms with Crippen LogP contribution >= 0.6 is 0 Å². The molecule has 8 atom stereocenters. The first-order valence-corrected chi connectivity index (χ1v) is 13.2. The van der Waals surface area contributed by atoms with Gasteiger partial charge in [-0.05, 0) is 47.6 Å². The van der Waals surface area contributed by atoms with Crippen LogP contribution in [-0.2, 0) is 23.8 Å². The van der Waals surface area contributed by atoms with Crippen LogP contribution in [-0.4, -0.2) is 52.9 Å². The van der Waals surface area contributed by atoms with Crippen LogP contribution in [0.5, 0.6) is 0 Å². The zero-order chi connectivity index (χ0) is 26.8. The van der Waals surface area contributed by atoms with Gasteiger partial charge in [0.2, 0.25) is 5.79 Å². The fourth-order valence-corrected chi connectivity index (χ4v) is 8.26. The molecule has 0 bridgehead atoms. The van der Waals surface area contributed by atoms with E-state index in [-0.39, 0.29) is 17.8 Å². The number of rotatable bonds is 4. The SMILES string of the molecule is CO[C@]12C[C@@H]3[C@@H]([C@@H](O)[C@@H](OC(=O)C=Cc4ccccc4)[C@@]4(O)C(C)(C)CCC[C@]34C)[C@H](C)C1=CC(=O)O2. The highest BCUT2D eigenvalue weighted by atomic mass is 16.7. The Kier molecular flexibility index (Phi) is 6.21. The van der Waals surface area contributed by atoms with Crippen LogP contribution in [0.3, 0.4) is 0 Å². The largest absolute Gasteiger partial charge is 0.453 e. The van der Waals surface area contributed by atoms with Crippen LogP contribution in [0.1, 0.15) is 58.9 Å². The van der Waals surface area contributed by atoms with E-state index in [1.807, 2.05) is 58.0 Å². The van der Waals surface area contributed by atoms with Gasteiger partial charge in [0.15, 0.2) is 6.10 Å². The Morgan fingerprint density at radius 2 is 1.86 bits per heavy atom. The van der Waals surface area contributed by atoms with E-state index in [9.17, 15) is 19.8 Å². The number of aliphatic hydroxyl groups is 2. The summed E-state index contributed by atoms with van der Waals surface area (Å²) in [7, 11) is 1.53. The van der Waals surface area contributed by atoms with Crippen LogP contribution in [0.25, 0.3) is 6.08 Å². The monoisotopic (exact) mass is 510 g/mol. The highest BCUT2D eigenvalue weighted by Crippen LogP contribution is 2.69. The minimum atomic E-state index is -1.52. The molecule has 200 valence electrons. The predicted molar refractivity (Wildman–Crippen MR) is 137 cm³/mol. The highest BCUT2D eigenvalue weighted by Gasteiger charge is 2.75. The van der Waals surface area contributed by atoms with Gasteiger partial charge in [0.25, 0.3) is 0 Å². The number of hydrogen-bond donors (Lipinski definition) is 2. The van der Waals surface area contributed by atoms with Crippen LogP contribution in [0, 0.1) is 28.6 Å². The molecule has 2 N–H and O–H groups in total. The van der Waals surface area contributed by atoms with Gasteiger partial charge in [-0.25, -0.2) is 9.59 Å². The maximum absolute atomic E-state index is 13.1. The van der Waals surface area contributed by atoms with E-state index in [2.05, 4.69) is 0 Å². The van der Waals surface area contributed by atoms with E-state index in [1.54, 1.807) is 6.08 Å². The molecule has 3 aliphatic carbocycles. The number of esters is 2. The molecule has 7 nitrogen and oxygen atoms in total. The summed E-state index contributed by atoms with van der Waals surface area (Å²) in [5.41, 5.74) is -1.36. The van der Waals surface area contributed by atoms with Crippen molar-refractivity contribution in [3.63, 3.8) is 0 Å². The summed E-state index contributed by atoms with van der Waals surface area (Å²) in [5.74, 6) is -3.16. The molecule has 1 aromatic rings. The van der Waals surface area contributed by atoms with Crippen molar-refractivity contribution in [3.05, 3.63) is 53.6 Å². The second kappa shape index (κ2) is 8.79. The normalized spacial score (nSPS) is 42.3. The topological polar surface area (TPSA) is 102 Å². The number of aliphatic hydroxyl groups excluding tert-OH is 1. The molecule has 0 radical (unpaired) electrons. The maximum Gasteiger partial charge on any atom is 0.333 e. The predicted octanol–water partition coefficient (Wildman–Crippen LogP) is 4.03. The molecule has 1 aromatic carbocycles. The molecule has 0 saturated heterocycles. The second-order valence-electron chi connectivity index (χ2n) is 12.2. The summed E-state index contributed by atoms with van der Waals surface area (Å²) in [6.45, 7) is 7.96. The molecule has 1 aliphatic heterocycles. The van der Waals surface area contributed by atoms with E-state index >= 15 is 0 Å². The molecule has 0 amide bonds. The Balaban J connectivity index is 1.57. The van der Waals surface area contributed by atoms with Gasteiger partial charge >= 0.3 is 11.9 Å². The molecule has 0 unspecified atom stereocenters. The lowest BCUT2D eigenvalue weighted by Gasteiger charge is -2.69. The molecule has 0 aromatic heterocycles. The Hall–Kier alpha value is -2.48. The van der Waals surface area contributed by atoms with Gasteiger partial charge in [-0.2, -0.15) is 0 Å². The van der Waals surface area contributed by atoms with Crippen molar-refractivity contribution < 1.29 is 34.0 Å². The molecular formula is C30H38O7. The van der Waals surface area contributed by atoms with Crippen LogP contribution in [0.2, 0.25) is 0 Å². The first kappa shape index (κ1) is 26.1. The summed E-state index contributed by atoms with van der Waals surface area (Å²) in [5, 5.41) is 24.6. The Morgan fingerprint density at radius 3 is 2.54 bits per heavy atom. The Morgan fingerprint density at radius 1 is 1.16 bits per heavy atom. The average molecular weight is 511 g/mol. The first-order valence-electron chi connectivity index (χ1n) is 13.2. The standard InChI is InChI=1S/C30H38O7/c1-18-20-16-23(32)37-29(20,35-5)17-21-24(18)25(33)26(30(34)27(2,3)14-9-15-28(21,30)4)36-22(31)13-12-19-10-7-6-8-11-19/h6-8,10-13,16,18,21,24-26,33-34H,9,14-15,17H2,1-5H3/t18-,21-,24+,25-,26-,28-,29+,30-/m1/s1. The number of methoxy groups -OCH3 is 1. The smallest absolute Gasteiger partial charge is 0.333 e. The number of carbonyl (C=O) groups excluding carboxylic acids is 2. The van der Waals surface area contributed by atoms with Gasteiger partial charge in [-0.3, -0.25) is 0 Å². The summed E-state index contributed by atoms with van der Waals surface area (Å²) < 4.78 is 17.6. The summed E-state index contributed by atoms with van der Waals surface area (Å²) in [6.07, 6.45) is 4.82. The quantitative estimate of drug-likeness (QED) is 0.466. The van der Waals surface area contributed by atoms with E-state index < -0.39 is 46.4 Å². The summed E-state index contributed by atoms with van der Waals surface area (Å²) in [4.78, 5) is 25.5. The minimum absolute atomic E-state index is 0.236. The lowest BCUT2D eigenvalue weighted by atomic mass is 9.39. The van der Waals surface area contributed by atoms with Crippen molar-refractivity contribution >= 4 is 18.0 Å². The molecule has 0 spiro atoms. The van der Waals surface area contributed by atoms with Gasteiger partial charge in [0, 0.05) is 36.7 Å². The van der Waals surface area contributed by atoms with E-state index in [4.69, 9.17) is 14.2 Å². The fraction of sp³-hybridized carbons (Fsp3) is 0.600. The molecule has 7 heteroatoms. The van der Waals surface area contributed by atoms with Crippen molar-refractivity contribution in [3.8, 4) is 0 Å². The Bertz CT molecular complexity index is 1140. The van der Waals surface area contributed by atoms with E-state index in [0.29, 0.717) is 18.4 Å². The number of carbonyl (C=O) groups is 2. The van der Waals surface area contributed by atoms with Gasteiger partial charge in [0.05, 0.1) is 6.10 Å². The van der Waals surface area contributed by atoms with Gasteiger partial charge in [-0.15, -0.1) is 0 Å². The third kappa shape index (κ3) is 3.65. The number of benzene rings is 1. The lowest BCUT2D eigenvalue weighted by molar-refractivity contribution is -0.332. The van der Waals surface area contributed by atoms with Crippen molar-refractivity contribution in [1.82, 2.24) is 0 Å². The lowest BCUT2D eigenvalue weighted by Crippen LogP contribution is -2.77. The molecule has 1 heterocycles. The minimum Gasteiger partial charge on any atom is -0.453 e. The van der Waals surface area contributed by atoms with Gasteiger partial charge in [0.1, 0.15) is 5.60 Å². The molecule has 3 fully saturated rings. The third-order valence-corrected chi connectivity index (χ3v) is 10.1. The van der Waals surface area contributed by atoms with Crippen LogP contribution in [0.4, 0.5) is 0 Å². The van der Waals surface area contributed by atoms with Crippen LogP contribution < -0.4 is 0 Å². The molecule has 5 rings (SSSR count). The van der Waals surface area contributed by atoms with Crippen LogP contribution in [0.15, 0.2) is 48.1 Å². The number of ether oxygens (including phenoxy) is 3. The third-order valence-electron chi connectivity index (χ3n) is 10.1. The van der Waals surface area contributed by atoms with E-state index in [1.165, 1.54) is 19.3 Å². The van der Waals surface area contributed by atoms with Gasteiger partial charge in [-0.1, -0.05) is 64.4 Å². The molecular weight excluding hydrogens is 472 g/mol. The van der Waals surface area contributed by atoms with E-state index in [0.717, 1.165) is 18.4 Å². The van der Waals surface area contributed by atoms with Crippen molar-refractivity contribution in [2.75, 3.05) is 7.11 Å².